The van der Waals surface area contributed by atoms with Crippen LogP contribution in [0, 0.1) is 12.8 Å². The van der Waals surface area contributed by atoms with Crippen molar-refractivity contribution >= 4 is 45.9 Å². The zero-order valence-corrected chi connectivity index (χ0v) is 23.5. The molecule has 0 atom stereocenters. The minimum atomic E-state index is -0.277. The second kappa shape index (κ2) is 12.5. The summed E-state index contributed by atoms with van der Waals surface area (Å²) in [7, 11) is 0. The summed E-state index contributed by atoms with van der Waals surface area (Å²) in [6.07, 6.45) is 2.71. The molecule has 0 saturated carbocycles. The Labute approximate surface area is 234 Å². The summed E-state index contributed by atoms with van der Waals surface area (Å²) >= 11 is 12.4. The summed E-state index contributed by atoms with van der Waals surface area (Å²) < 4.78 is 0. The lowest BCUT2D eigenvalue weighted by atomic mass is 10.1. The lowest BCUT2D eigenvalue weighted by Gasteiger charge is -2.29. The number of amides is 2. The number of aromatic amines is 1. The van der Waals surface area contributed by atoms with Crippen molar-refractivity contribution in [2.24, 2.45) is 5.92 Å². The average Bonchev–Trinajstić information content (AvgIpc) is 3.29. The molecule has 38 heavy (non-hydrogen) atoms. The Hall–Kier alpha value is -3.28. The minimum absolute atomic E-state index is 0.0320. The van der Waals surface area contributed by atoms with Crippen LogP contribution in [-0.2, 0) is 17.8 Å². The van der Waals surface area contributed by atoms with Gasteiger partial charge >= 0.3 is 0 Å². The molecule has 7 heteroatoms. The SMILES string of the molecule is Cc1ccc(CN(CCc2c[nH]c3ccccc23)C(=O)CN(CC(C)C)C(=O)c2ccc(Cl)cc2Cl)cc1. The fraction of sp³-hybridized carbons (Fsp3) is 0.290. The fourth-order valence-corrected chi connectivity index (χ4v) is 5.05. The number of nitrogens with one attached hydrogen (secondary N) is 1. The number of H-pyrrole nitrogens is 1. The standard InChI is InChI=1S/C31H33Cl2N3O2/c1-21(2)18-36(31(38)27-13-12-25(32)16-28(27)33)20-30(37)35(19-23-10-8-22(3)9-11-23)15-14-24-17-34-29-7-5-4-6-26(24)29/h4-13,16-17,21,34H,14-15,18-20H2,1-3H3. The molecule has 1 N–H and O–H groups in total. The van der Waals surface area contributed by atoms with E-state index in [2.05, 4.69) is 23.2 Å². The van der Waals surface area contributed by atoms with Gasteiger partial charge in [0.15, 0.2) is 0 Å². The lowest BCUT2D eigenvalue weighted by molar-refractivity contribution is -0.132. The van der Waals surface area contributed by atoms with E-state index in [9.17, 15) is 9.59 Å². The van der Waals surface area contributed by atoms with Crippen LogP contribution in [0.15, 0.2) is 72.9 Å². The van der Waals surface area contributed by atoms with E-state index < -0.39 is 0 Å². The van der Waals surface area contributed by atoms with Gasteiger partial charge in [0.05, 0.1) is 10.6 Å². The first-order valence-electron chi connectivity index (χ1n) is 12.8. The van der Waals surface area contributed by atoms with Crippen LogP contribution in [0.5, 0.6) is 0 Å². The number of hydrogen-bond donors (Lipinski definition) is 1. The third-order valence-corrected chi connectivity index (χ3v) is 7.08. The first-order chi connectivity index (χ1) is 18.2. The number of carbonyl (C=O) groups is 2. The summed E-state index contributed by atoms with van der Waals surface area (Å²) in [4.78, 5) is 34.0. The zero-order valence-electron chi connectivity index (χ0n) is 22.0. The predicted octanol–water partition coefficient (Wildman–Crippen LogP) is 7.15. The van der Waals surface area contributed by atoms with E-state index in [1.54, 1.807) is 23.1 Å². The summed E-state index contributed by atoms with van der Waals surface area (Å²) in [5.74, 6) is -0.209. The summed E-state index contributed by atoms with van der Waals surface area (Å²) in [6, 6.07) is 21.2. The fourth-order valence-electron chi connectivity index (χ4n) is 4.56. The molecule has 0 aliphatic carbocycles. The molecule has 0 spiro atoms. The second-order valence-electron chi connectivity index (χ2n) is 10.1. The molecule has 0 radical (unpaired) electrons. The molecule has 1 aromatic heterocycles. The van der Waals surface area contributed by atoms with E-state index in [-0.39, 0.29) is 29.3 Å². The van der Waals surface area contributed by atoms with Gasteiger partial charge in [-0.15, -0.1) is 0 Å². The molecular weight excluding hydrogens is 517 g/mol. The molecule has 0 unspecified atom stereocenters. The Morgan fingerprint density at radius 2 is 1.68 bits per heavy atom. The molecule has 4 rings (SSSR count). The first-order valence-corrected chi connectivity index (χ1v) is 13.6. The van der Waals surface area contributed by atoms with E-state index in [1.165, 1.54) is 5.56 Å². The number of carbonyl (C=O) groups excluding carboxylic acids is 2. The van der Waals surface area contributed by atoms with Gasteiger partial charge in [0, 0.05) is 41.8 Å². The zero-order chi connectivity index (χ0) is 27.2. The van der Waals surface area contributed by atoms with Gasteiger partial charge in [-0.25, -0.2) is 0 Å². The van der Waals surface area contributed by atoms with Crippen LogP contribution in [-0.4, -0.2) is 46.2 Å². The van der Waals surface area contributed by atoms with Gasteiger partial charge in [-0.1, -0.05) is 85.1 Å². The Bertz CT molecular complexity index is 1410. The maximum Gasteiger partial charge on any atom is 0.255 e. The smallest absolute Gasteiger partial charge is 0.255 e. The Morgan fingerprint density at radius 1 is 0.947 bits per heavy atom. The van der Waals surface area contributed by atoms with E-state index >= 15 is 0 Å². The highest BCUT2D eigenvalue weighted by Gasteiger charge is 2.25. The first kappa shape index (κ1) is 27.7. The number of hydrogen-bond acceptors (Lipinski definition) is 2. The van der Waals surface area contributed by atoms with Gasteiger partial charge in [-0.3, -0.25) is 9.59 Å². The Kier molecular flexibility index (Phi) is 9.13. The van der Waals surface area contributed by atoms with E-state index in [0.29, 0.717) is 36.6 Å². The maximum atomic E-state index is 13.8. The topological polar surface area (TPSA) is 56.4 Å². The van der Waals surface area contributed by atoms with Crippen molar-refractivity contribution in [3.05, 3.63) is 105 Å². The molecule has 5 nitrogen and oxygen atoms in total. The quantitative estimate of drug-likeness (QED) is 0.228. The molecule has 0 saturated heterocycles. The van der Waals surface area contributed by atoms with Crippen LogP contribution in [0.4, 0.5) is 0 Å². The number of nitrogens with zero attached hydrogens (tertiary/aromatic N) is 2. The molecule has 0 aliphatic rings. The van der Waals surface area contributed by atoms with Gasteiger partial charge in [0.1, 0.15) is 6.54 Å². The molecule has 198 valence electrons. The van der Waals surface area contributed by atoms with Gasteiger partial charge < -0.3 is 14.8 Å². The number of aryl methyl sites for hydroxylation is 1. The van der Waals surface area contributed by atoms with Gasteiger partial charge in [0.25, 0.3) is 5.91 Å². The van der Waals surface area contributed by atoms with Crippen LogP contribution in [0.1, 0.15) is 40.9 Å². The van der Waals surface area contributed by atoms with E-state index in [4.69, 9.17) is 23.2 Å². The largest absolute Gasteiger partial charge is 0.361 e. The highest BCUT2D eigenvalue weighted by Crippen LogP contribution is 2.23. The molecule has 0 bridgehead atoms. The van der Waals surface area contributed by atoms with Crippen LogP contribution in [0.3, 0.4) is 0 Å². The predicted molar refractivity (Wildman–Crippen MR) is 156 cm³/mol. The van der Waals surface area contributed by atoms with Crippen LogP contribution in [0.25, 0.3) is 10.9 Å². The lowest BCUT2D eigenvalue weighted by Crippen LogP contribution is -2.44. The second-order valence-corrected chi connectivity index (χ2v) is 11.0. The third-order valence-electron chi connectivity index (χ3n) is 6.53. The Morgan fingerprint density at radius 3 is 2.39 bits per heavy atom. The van der Waals surface area contributed by atoms with Crippen molar-refractivity contribution in [3.63, 3.8) is 0 Å². The van der Waals surface area contributed by atoms with Crippen LogP contribution < -0.4 is 0 Å². The molecule has 0 aliphatic heterocycles. The molecule has 4 aromatic rings. The molecule has 0 fully saturated rings. The highest BCUT2D eigenvalue weighted by atomic mass is 35.5. The highest BCUT2D eigenvalue weighted by molar-refractivity contribution is 6.36. The molecule has 3 aromatic carbocycles. The van der Waals surface area contributed by atoms with Crippen LogP contribution in [0.2, 0.25) is 10.0 Å². The molecule has 2 amide bonds. The summed E-state index contributed by atoms with van der Waals surface area (Å²) in [5.41, 5.74) is 4.79. The van der Waals surface area contributed by atoms with Crippen molar-refractivity contribution in [1.82, 2.24) is 14.8 Å². The number of fused-ring (bicyclic) bond motifs is 1. The van der Waals surface area contributed by atoms with Gasteiger partial charge in [0.2, 0.25) is 5.91 Å². The Balaban J connectivity index is 1.57. The summed E-state index contributed by atoms with van der Waals surface area (Å²) in [5, 5.41) is 1.89. The monoisotopic (exact) mass is 549 g/mol. The number of para-hydroxylation sites is 1. The van der Waals surface area contributed by atoms with Crippen molar-refractivity contribution in [2.45, 2.75) is 33.7 Å². The minimum Gasteiger partial charge on any atom is -0.361 e. The number of halogens is 2. The normalized spacial score (nSPS) is 11.2. The molecular formula is C31H33Cl2N3O2. The van der Waals surface area contributed by atoms with Gasteiger partial charge in [-0.2, -0.15) is 0 Å². The van der Waals surface area contributed by atoms with E-state index in [1.807, 2.05) is 62.2 Å². The number of benzene rings is 3. The number of aromatic nitrogens is 1. The van der Waals surface area contributed by atoms with Crippen molar-refractivity contribution in [3.8, 4) is 0 Å². The van der Waals surface area contributed by atoms with Crippen LogP contribution >= 0.6 is 23.2 Å². The number of rotatable bonds is 10. The maximum absolute atomic E-state index is 13.8. The third kappa shape index (κ3) is 6.97. The van der Waals surface area contributed by atoms with Crippen molar-refractivity contribution in [1.29, 1.82) is 0 Å². The van der Waals surface area contributed by atoms with Crippen molar-refractivity contribution < 1.29 is 9.59 Å². The van der Waals surface area contributed by atoms with Crippen molar-refractivity contribution in [2.75, 3.05) is 19.6 Å². The average molecular weight is 551 g/mol. The van der Waals surface area contributed by atoms with E-state index in [0.717, 1.165) is 22.0 Å². The molecule has 1 heterocycles. The summed E-state index contributed by atoms with van der Waals surface area (Å²) in [6.45, 7) is 7.48. The van der Waals surface area contributed by atoms with Gasteiger partial charge in [-0.05, 0) is 54.7 Å².